The molecule has 28 heavy (non-hydrogen) atoms. The summed E-state index contributed by atoms with van der Waals surface area (Å²) >= 11 is 0. The molecular weight excluding hydrogens is 410 g/mol. The van der Waals surface area contributed by atoms with Gasteiger partial charge in [-0.25, -0.2) is 13.2 Å². The van der Waals surface area contributed by atoms with Crippen LogP contribution in [-0.2, 0) is 19.6 Å². The molecule has 4 rings (SSSR count). The first-order chi connectivity index (χ1) is 12.9. The SMILES string of the molecule is Cl.O=C([C@H]1CNCCO1)N1CCN(S(=O)(=O)c2ccc3[nH]c(=O)[nH]c3c2)CC1. The van der Waals surface area contributed by atoms with Crippen LogP contribution < -0.4 is 11.0 Å². The van der Waals surface area contributed by atoms with Gasteiger partial charge >= 0.3 is 5.69 Å². The molecule has 10 nitrogen and oxygen atoms in total. The molecule has 0 aliphatic carbocycles. The van der Waals surface area contributed by atoms with Gasteiger partial charge in [0.25, 0.3) is 5.91 Å². The van der Waals surface area contributed by atoms with Crippen molar-refractivity contribution >= 4 is 39.4 Å². The molecule has 2 saturated heterocycles. The van der Waals surface area contributed by atoms with E-state index in [1.165, 1.54) is 16.4 Å². The number of hydrogen-bond donors (Lipinski definition) is 3. The molecule has 1 atom stereocenters. The molecule has 0 radical (unpaired) electrons. The Kier molecular flexibility index (Phi) is 6.10. The molecule has 3 N–H and O–H groups in total. The van der Waals surface area contributed by atoms with Crippen LogP contribution in [0.5, 0.6) is 0 Å². The van der Waals surface area contributed by atoms with Crippen LogP contribution in [0.4, 0.5) is 0 Å². The first-order valence-electron chi connectivity index (χ1n) is 8.78. The molecule has 12 heteroatoms. The molecule has 2 aliphatic rings. The number of nitrogens with one attached hydrogen (secondary N) is 3. The maximum absolute atomic E-state index is 12.9. The van der Waals surface area contributed by atoms with Crippen molar-refractivity contribution in [3.05, 3.63) is 28.7 Å². The van der Waals surface area contributed by atoms with Crippen molar-refractivity contribution in [3.63, 3.8) is 0 Å². The molecule has 0 spiro atoms. The van der Waals surface area contributed by atoms with Gasteiger partial charge in [0.1, 0.15) is 6.10 Å². The molecule has 2 fully saturated rings. The number of aromatic nitrogens is 2. The normalized spacial score (nSPS) is 21.4. The smallest absolute Gasteiger partial charge is 0.323 e. The zero-order valence-corrected chi connectivity index (χ0v) is 16.6. The largest absolute Gasteiger partial charge is 0.366 e. The number of aromatic amines is 2. The zero-order chi connectivity index (χ0) is 19.0. The maximum atomic E-state index is 12.9. The van der Waals surface area contributed by atoms with Gasteiger partial charge in [0.05, 0.1) is 22.5 Å². The molecule has 1 aromatic carbocycles. The minimum Gasteiger partial charge on any atom is -0.366 e. The summed E-state index contributed by atoms with van der Waals surface area (Å²) in [4.78, 5) is 30.8. The molecule has 0 saturated carbocycles. The van der Waals surface area contributed by atoms with E-state index < -0.39 is 16.1 Å². The highest BCUT2D eigenvalue weighted by Crippen LogP contribution is 2.21. The van der Waals surface area contributed by atoms with Gasteiger partial charge in [0.2, 0.25) is 10.0 Å². The number of imidazole rings is 1. The van der Waals surface area contributed by atoms with Gasteiger partial charge in [-0.15, -0.1) is 12.4 Å². The van der Waals surface area contributed by atoms with Crippen LogP contribution in [0.1, 0.15) is 0 Å². The molecule has 0 bridgehead atoms. The lowest BCUT2D eigenvalue weighted by Gasteiger charge is -2.36. The fourth-order valence-electron chi connectivity index (χ4n) is 3.40. The van der Waals surface area contributed by atoms with Crippen LogP contribution >= 0.6 is 12.4 Å². The summed E-state index contributed by atoms with van der Waals surface area (Å²) in [6.45, 7) is 2.78. The van der Waals surface area contributed by atoms with Gasteiger partial charge < -0.3 is 24.9 Å². The van der Waals surface area contributed by atoms with Crippen LogP contribution in [0.3, 0.4) is 0 Å². The van der Waals surface area contributed by atoms with E-state index in [0.29, 0.717) is 37.3 Å². The lowest BCUT2D eigenvalue weighted by molar-refractivity contribution is -0.146. The highest BCUT2D eigenvalue weighted by molar-refractivity contribution is 7.89. The molecule has 1 amide bonds. The van der Waals surface area contributed by atoms with Crippen molar-refractivity contribution in [2.75, 3.05) is 45.9 Å². The molecule has 1 aromatic heterocycles. The van der Waals surface area contributed by atoms with Crippen LogP contribution in [0.2, 0.25) is 0 Å². The number of hydrogen-bond acceptors (Lipinski definition) is 6. The number of rotatable bonds is 3. The van der Waals surface area contributed by atoms with Gasteiger partial charge in [-0.3, -0.25) is 4.79 Å². The van der Waals surface area contributed by atoms with Gasteiger partial charge in [-0.1, -0.05) is 0 Å². The monoisotopic (exact) mass is 431 g/mol. The Morgan fingerprint density at radius 3 is 2.50 bits per heavy atom. The Labute approximate surface area is 167 Å². The molecule has 2 aliphatic heterocycles. The third-order valence-electron chi connectivity index (χ3n) is 4.88. The number of carbonyl (C=O) groups is 1. The van der Waals surface area contributed by atoms with Gasteiger partial charge in [0.15, 0.2) is 0 Å². The fourth-order valence-corrected chi connectivity index (χ4v) is 4.85. The van der Waals surface area contributed by atoms with Crippen molar-refractivity contribution in [1.29, 1.82) is 0 Å². The van der Waals surface area contributed by atoms with E-state index in [-0.39, 0.29) is 42.0 Å². The van der Waals surface area contributed by atoms with Gasteiger partial charge in [-0.2, -0.15) is 4.31 Å². The summed E-state index contributed by atoms with van der Waals surface area (Å²) in [6.07, 6.45) is -0.505. The fraction of sp³-hybridized carbons (Fsp3) is 0.500. The highest BCUT2D eigenvalue weighted by atomic mass is 35.5. The zero-order valence-electron chi connectivity index (χ0n) is 15.0. The first kappa shape index (κ1) is 20.8. The quantitative estimate of drug-likeness (QED) is 0.578. The molecule has 2 aromatic rings. The lowest BCUT2D eigenvalue weighted by atomic mass is 10.2. The number of nitrogens with zero attached hydrogens (tertiary/aromatic N) is 2. The lowest BCUT2D eigenvalue weighted by Crippen LogP contribution is -2.55. The minimum absolute atomic E-state index is 0. The minimum atomic E-state index is -3.70. The first-order valence-corrected chi connectivity index (χ1v) is 10.2. The third-order valence-corrected chi connectivity index (χ3v) is 6.77. The third kappa shape index (κ3) is 3.94. The summed E-state index contributed by atoms with van der Waals surface area (Å²) in [5.74, 6) is -0.106. The van der Waals surface area contributed by atoms with Crippen LogP contribution in [0.15, 0.2) is 27.9 Å². The van der Waals surface area contributed by atoms with E-state index in [4.69, 9.17) is 4.74 Å². The van der Waals surface area contributed by atoms with Crippen molar-refractivity contribution in [2.45, 2.75) is 11.0 Å². The average molecular weight is 432 g/mol. The second-order valence-corrected chi connectivity index (χ2v) is 8.52. The van der Waals surface area contributed by atoms with Crippen LogP contribution in [0.25, 0.3) is 11.0 Å². The summed E-state index contributed by atoms with van der Waals surface area (Å²) in [6, 6.07) is 4.48. The number of sulfonamides is 1. The predicted octanol–water partition coefficient (Wildman–Crippen LogP) is -0.901. The van der Waals surface area contributed by atoms with E-state index in [1.807, 2.05) is 0 Å². The Morgan fingerprint density at radius 1 is 1.11 bits per heavy atom. The number of ether oxygens (including phenoxy) is 1. The molecule has 3 heterocycles. The number of fused-ring (bicyclic) bond motifs is 1. The summed E-state index contributed by atoms with van der Waals surface area (Å²) in [5.41, 5.74) is 0.610. The van der Waals surface area contributed by atoms with E-state index in [2.05, 4.69) is 15.3 Å². The van der Waals surface area contributed by atoms with E-state index >= 15 is 0 Å². The van der Waals surface area contributed by atoms with Crippen LogP contribution in [-0.4, -0.2) is 85.5 Å². The highest BCUT2D eigenvalue weighted by Gasteiger charge is 2.33. The predicted molar refractivity (Wildman–Crippen MR) is 104 cm³/mol. The standard InChI is InChI=1S/C16H21N5O5S.ClH/c22-15(14-10-17-3-8-26-14)20-4-6-21(7-5-20)27(24,25)11-1-2-12-13(9-11)19-16(23)18-12;/h1-2,9,14,17H,3-8,10H2,(H2,18,19,23);1H/t14-;/m1./s1. The van der Waals surface area contributed by atoms with Crippen molar-refractivity contribution < 1.29 is 17.9 Å². The van der Waals surface area contributed by atoms with Crippen LogP contribution in [0, 0.1) is 0 Å². The van der Waals surface area contributed by atoms with Crippen molar-refractivity contribution in [1.82, 2.24) is 24.5 Å². The average Bonchev–Trinajstić information content (AvgIpc) is 3.07. The molecule has 0 unspecified atom stereocenters. The van der Waals surface area contributed by atoms with E-state index in [1.54, 1.807) is 11.0 Å². The van der Waals surface area contributed by atoms with Gasteiger partial charge in [-0.05, 0) is 18.2 Å². The van der Waals surface area contributed by atoms with E-state index in [9.17, 15) is 18.0 Å². The number of piperazine rings is 1. The number of amides is 1. The van der Waals surface area contributed by atoms with Crippen molar-refractivity contribution in [3.8, 4) is 0 Å². The second-order valence-electron chi connectivity index (χ2n) is 6.58. The van der Waals surface area contributed by atoms with Crippen molar-refractivity contribution in [2.24, 2.45) is 0 Å². The number of benzene rings is 1. The van der Waals surface area contributed by atoms with E-state index in [0.717, 1.165) is 6.54 Å². The number of carbonyl (C=O) groups excluding carboxylic acids is 1. The summed E-state index contributed by atoms with van der Waals surface area (Å²) < 4.78 is 32.6. The summed E-state index contributed by atoms with van der Waals surface area (Å²) in [5, 5.41) is 3.12. The topological polar surface area (TPSA) is 128 Å². The molecule has 154 valence electrons. The second kappa shape index (κ2) is 8.21. The Hall–Kier alpha value is -1.92. The number of H-pyrrole nitrogens is 2. The Morgan fingerprint density at radius 2 is 1.82 bits per heavy atom. The molecular formula is C16H22ClN5O5S. The Bertz CT molecular complexity index is 1010. The summed E-state index contributed by atoms with van der Waals surface area (Å²) in [7, 11) is -3.70. The van der Waals surface area contributed by atoms with Gasteiger partial charge in [0, 0.05) is 39.3 Å². The number of halogens is 1. The maximum Gasteiger partial charge on any atom is 0.323 e. The number of morpholine rings is 1. The Balaban J connectivity index is 0.00000225.